The van der Waals surface area contributed by atoms with Gasteiger partial charge in [0, 0.05) is 18.7 Å². The average molecular weight is 193 g/mol. The van der Waals surface area contributed by atoms with Crippen molar-refractivity contribution in [2.75, 3.05) is 11.4 Å². The lowest BCUT2D eigenvalue weighted by molar-refractivity contribution is -0.133. The summed E-state index contributed by atoms with van der Waals surface area (Å²) in [5.74, 6) is -1.36. The van der Waals surface area contributed by atoms with E-state index in [1.54, 1.807) is 6.07 Å². The maximum atomic E-state index is 12.8. The number of amides is 1. The van der Waals surface area contributed by atoms with Crippen LogP contribution in [0, 0.1) is 5.82 Å². The van der Waals surface area contributed by atoms with Crippen molar-refractivity contribution in [2.24, 2.45) is 0 Å². The summed E-state index contributed by atoms with van der Waals surface area (Å²) in [6, 6.07) is 5.67. The molecule has 72 valence electrons. The van der Waals surface area contributed by atoms with Crippen LogP contribution in [0.3, 0.4) is 0 Å². The first kappa shape index (κ1) is 8.87. The van der Waals surface area contributed by atoms with E-state index in [2.05, 4.69) is 0 Å². The van der Waals surface area contributed by atoms with Crippen molar-refractivity contribution < 1.29 is 14.0 Å². The molecule has 3 nitrogen and oxygen atoms in total. The van der Waals surface area contributed by atoms with Crippen LogP contribution in [-0.4, -0.2) is 18.2 Å². The van der Waals surface area contributed by atoms with Crippen molar-refractivity contribution in [3.05, 3.63) is 30.1 Å². The molecular weight excluding hydrogens is 185 g/mol. The first-order chi connectivity index (χ1) is 6.68. The molecule has 4 heteroatoms. The molecule has 14 heavy (non-hydrogen) atoms. The molecule has 0 atom stereocenters. The van der Waals surface area contributed by atoms with E-state index in [0.717, 1.165) is 0 Å². The molecule has 1 aliphatic heterocycles. The third-order valence-electron chi connectivity index (χ3n) is 2.17. The molecule has 0 spiro atoms. The summed E-state index contributed by atoms with van der Waals surface area (Å²) in [5.41, 5.74) is 0.445. The Kier molecular flexibility index (Phi) is 2.04. The molecule has 1 amide bonds. The molecule has 1 heterocycles. The van der Waals surface area contributed by atoms with Gasteiger partial charge in [0.15, 0.2) is 0 Å². The third-order valence-corrected chi connectivity index (χ3v) is 2.17. The van der Waals surface area contributed by atoms with Crippen LogP contribution >= 0.6 is 0 Å². The molecule has 1 aromatic rings. The lowest BCUT2D eigenvalue weighted by atomic mass is 10.3. The highest BCUT2D eigenvalue weighted by Crippen LogP contribution is 2.19. The molecule has 0 N–H and O–H groups in total. The van der Waals surface area contributed by atoms with Crippen LogP contribution in [0.1, 0.15) is 6.42 Å². The van der Waals surface area contributed by atoms with Crippen molar-refractivity contribution in [3.8, 4) is 0 Å². The Bertz CT molecular complexity index is 403. The zero-order valence-corrected chi connectivity index (χ0v) is 7.37. The standard InChI is InChI=1S/C10H8FNO2/c11-7-2-1-3-8(6-7)12-5-4-9(13)10(12)14/h1-3,6H,4-5H2. The predicted molar refractivity (Wildman–Crippen MR) is 48.4 cm³/mol. The molecule has 0 saturated carbocycles. The Labute approximate surface area is 80.1 Å². The molecule has 0 aromatic heterocycles. The minimum Gasteiger partial charge on any atom is -0.305 e. The van der Waals surface area contributed by atoms with Gasteiger partial charge in [-0.15, -0.1) is 0 Å². The lowest BCUT2D eigenvalue weighted by Crippen LogP contribution is -2.26. The molecule has 2 rings (SSSR count). The molecule has 0 bridgehead atoms. The van der Waals surface area contributed by atoms with Gasteiger partial charge in [-0.25, -0.2) is 4.39 Å². The number of halogens is 1. The van der Waals surface area contributed by atoms with E-state index in [0.29, 0.717) is 12.2 Å². The van der Waals surface area contributed by atoms with Crippen molar-refractivity contribution in [3.63, 3.8) is 0 Å². The summed E-state index contributed by atoms with van der Waals surface area (Å²) in [5, 5.41) is 0. The lowest BCUT2D eigenvalue weighted by Gasteiger charge is -2.13. The summed E-state index contributed by atoms with van der Waals surface area (Å²) in [6.07, 6.45) is 0.218. The SMILES string of the molecule is O=C1CCN(c2cccc(F)c2)C1=O. The van der Waals surface area contributed by atoms with Gasteiger partial charge >= 0.3 is 0 Å². The predicted octanol–water partition coefficient (Wildman–Crippen LogP) is 1.13. The van der Waals surface area contributed by atoms with Crippen LogP contribution in [0.2, 0.25) is 0 Å². The maximum Gasteiger partial charge on any atom is 0.294 e. The van der Waals surface area contributed by atoms with E-state index < -0.39 is 17.5 Å². The summed E-state index contributed by atoms with van der Waals surface area (Å²) in [4.78, 5) is 23.5. The largest absolute Gasteiger partial charge is 0.305 e. The van der Waals surface area contributed by atoms with Crippen LogP contribution in [0.5, 0.6) is 0 Å². The van der Waals surface area contributed by atoms with Gasteiger partial charge in [-0.2, -0.15) is 0 Å². The van der Waals surface area contributed by atoms with Crippen molar-refractivity contribution in [2.45, 2.75) is 6.42 Å². The molecule has 1 fully saturated rings. The van der Waals surface area contributed by atoms with E-state index in [-0.39, 0.29) is 6.42 Å². The number of benzene rings is 1. The fourth-order valence-electron chi connectivity index (χ4n) is 1.46. The number of carbonyl (C=O) groups is 2. The number of anilines is 1. The number of rotatable bonds is 1. The first-order valence-corrected chi connectivity index (χ1v) is 4.29. The zero-order valence-electron chi connectivity index (χ0n) is 7.37. The summed E-state index contributed by atoms with van der Waals surface area (Å²) in [6.45, 7) is 0.348. The van der Waals surface area contributed by atoms with E-state index in [1.807, 2.05) is 0 Å². The second-order valence-electron chi connectivity index (χ2n) is 3.11. The van der Waals surface area contributed by atoms with Crippen LogP contribution in [0.25, 0.3) is 0 Å². The highest BCUT2D eigenvalue weighted by molar-refractivity contribution is 6.43. The van der Waals surface area contributed by atoms with Crippen LogP contribution in [0.15, 0.2) is 24.3 Å². The zero-order chi connectivity index (χ0) is 10.1. The summed E-state index contributed by atoms with van der Waals surface area (Å²) < 4.78 is 12.8. The summed E-state index contributed by atoms with van der Waals surface area (Å²) in [7, 11) is 0. The maximum absolute atomic E-state index is 12.8. The highest BCUT2D eigenvalue weighted by Gasteiger charge is 2.30. The number of carbonyl (C=O) groups excluding carboxylic acids is 2. The minimum absolute atomic E-state index is 0.218. The fraction of sp³-hybridized carbons (Fsp3) is 0.200. The second-order valence-corrected chi connectivity index (χ2v) is 3.11. The molecule has 0 radical (unpaired) electrons. The molecule has 1 saturated heterocycles. The van der Waals surface area contributed by atoms with Gasteiger partial charge in [0.25, 0.3) is 5.91 Å². The molecule has 1 aromatic carbocycles. The van der Waals surface area contributed by atoms with Gasteiger partial charge in [0.2, 0.25) is 5.78 Å². The highest BCUT2D eigenvalue weighted by atomic mass is 19.1. The van der Waals surface area contributed by atoms with E-state index in [9.17, 15) is 14.0 Å². The van der Waals surface area contributed by atoms with E-state index in [1.165, 1.54) is 23.1 Å². The molecular formula is C10H8FNO2. The minimum atomic E-state index is -0.546. The van der Waals surface area contributed by atoms with E-state index in [4.69, 9.17) is 0 Å². The Morgan fingerprint density at radius 3 is 2.64 bits per heavy atom. The Hall–Kier alpha value is -1.71. The molecule has 1 aliphatic rings. The van der Waals surface area contributed by atoms with Crippen molar-refractivity contribution >= 4 is 17.4 Å². The van der Waals surface area contributed by atoms with Gasteiger partial charge in [0.1, 0.15) is 5.82 Å². The average Bonchev–Trinajstić information content (AvgIpc) is 2.48. The second kappa shape index (κ2) is 3.21. The van der Waals surface area contributed by atoms with Gasteiger partial charge in [-0.3, -0.25) is 9.59 Å². The smallest absolute Gasteiger partial charge is 0.294 e. The van der Waals surface area contributed by atoms with Gasteiger partial charge in [-0.1, -0.05) is 6.07 Å². The van der Waals surface area contributed by atoms with Crippen LogP contribution in [-0.2, 0) is 9.59 Å². The Balaban J connectivity index is 2.32. The monoisotopic (exact) mass is 193 g/mol. The quantitative estimate of drug-likeness (QED) is 0.627. The molecule has 0 unspecified atom stereocenters. The topological polar surface area (TPSA) is 37.4 Å². The van der Waals surface area contributed by atoms with Crippen LogP contribution in [0.4, 0.5) is 10.1 Å². The van der Waals surface area contributed by atoms with Gasteiger partial charge in [0.05, 0.1) is 0 Å². The van der Waals surface area contributed by atoms with Crippen LogP contribution < -0.4 is 4.90 Å². The Morgan fingerprint density at radius 1 is 1.29 bits per heavy atom. The van der Waals surface area contributed by atoms with E-state index >= 15 is 0 Å². The van der Waals surface area contributed by atoms with Crippen molar-refractivity contribution in [1.82, 2.24) is 0 Å². The number of hydrogen-bond donors (Lipinski definition) is 0. The Morgan fingerprint density at radius 2 is 2.07 bits per heavy atom. The number of nitrogens with zero attached hydrogens (tertiary/aromatic N) is 1. The van der Waals surface area contributed by atoms with Crippen molar-refractivity contribution in [1.29, 1.82) is 0 Å². The van der Waals surface area contributed by atoms with Gasteiger partial charge in [-0.05, 0) is 18.2 Å². The van der Waals surface area contributed by atoms with Gasteiger partial charge < -0.3 is 4.90 Å². The summed E-state index contributed by atoms with van der Waals surface area (Å²) >= 11 is 0. The number of ketones is 1. The number of hydrogen-bond acceptors (Lipinski definition) is 2. The molecule has 0 aliphatic carbocycles. The first-order valence-electron chi connectivity index (χ1n) is 4.29. The number of Topliss-reactive ketones (excluding diaryl/α,β-unsaturated/α-hetero) is 1. The third kappa shape index (κ3) is 1.39. The normalized spacial score (nSPS) is 16.5. The fourth-order valence-corrected chi connectivity index (χ4v) is 1.46.